The first-order chi connectivity index (χ1) is 25.3. The van der Waals surface area contributed by atoms with E-state index in [0.29, 0.717) is 0 Å². The average Bonchev–Trinajstić information content (AvgIpc) is 3.53. The van der Waals surface area contributed by atoms with Crippen LogP contribution in [0.25, 0.3) is 0 Å². The summed E-state index contributed by atoms with van der Waals surface area (Å²) < 4.78 is 5.31. The minimum Gasteiger partial charge on any atom is -0.234 e. The molecular formula is C49H97N2+. The lowest BCUT2D eigenvalue weighted by Gasteiger charge is -2.07. The first-order valence-corrected chi connectivity index (χ1v) is 24.4. The summed E-state index contributed by atoms with van der Waals surface area (Å²) in [6.45, 7) is 9.42. The van der Waals surface area contributed by atoms with Crippen molar-refractivity contribution in [2.45, 2.75) is 297 Å². The number of hydrogen-bond acceptors (Lipinski definition) is 0. The molecule has 302 valence electrons. The number of unbranched alkanes of at least 4 members (excludes halogenated alkanes) is 37. The van der Waals surface area contributed by atoms with Gasteiger partial charge in [0.1, 0.15) is 12.4 Å². The van der Waals surface area contributed by atoms with E-state index in [9.17, 15) is 0 Å². The molecule has 1 rings (SSSR count). The fourth-order valence-corrected chi connectivity index (χ4v) is 8.27. The molecule has 1 aromatic rings. The van der Waals surface area contributed by atoms with Crippen LogP contribution in [0.1, 0.15) is 283 Å². The van der Waals surface area contributed by atoms with Gasteiger partial charge in [0, 0.05) is 6.42 Å². The molecule has 1 aromatic heterocycles. The van der Waals surface area contributed by atoms with Crippen LogP contribution in [-0.4, -0.2) is 4.57 Å². The van der Waals surface area contributed by atoms with Crippen LogP contribution in [0.4, 0.5) is 0 Å². The van der Waals surface area contributed by atoms with Crippen molar-refractivity contribution >= 4 is 0 Å². The minimum atomic E-state index is 1.23. The summed E-state index contributed by atoms with van der Waals surface area (Å²) in [7, 11) is 0. The quantitative estimate of drug-likeness (QED) is 0.0471. The molecule has 0 N–H and O–H groups in total. The zero-order valence-electron chi connectivity index (χ0n) is 36.0. The summed E-state index contributed by atoms with van der Waals surface area (Å²) in [5.74, 6) is 1.63. The molecule has 0 saturated carbocycles. The lowest BCUT2D eigenvalue weighted by atomic mass is 10.0. The molecule has 0 atom stereocenters. The van der Waals surface area contributed by atoms with E-state index >= 15 is 0 Å². The van der Waals surface area contributed by atoms with Crippen LogP contribution >= 0.6 is 0 Å². The molecule has 0 radical (unpaired) electrons. The van der Waals surface area contributed by atoms with Crippen LogP contribution in [0, 0.1) is 0 Å². The smallest absolute Gasteiger partial charge is 0.234 e. The molecule has 51 heavy (non-hydrogen) atoms. The Balaban J connectivity index is 2.25. The van der Waals surface area contributed by atoms with Crippen LogP contribution in [-0.2, 0) is 19.5 Å². The maximum Gasteiger partial charge on any atom is 0.256 e. The van der Waals surface area contributed by atoms with Gasteiger partial charge in [-0.3, -0.25) is 0 Å². The first kappa shape index (κ1) is 48.2. The Hall–Kier alpha value is -0.790. The molecule has 0 amide bonds. The van der Waals surface area contributed by atoms with Crippen LogP contribution in [0.5, 0.6) is 0 Å². The fourth-order valence-electron chi connectivity index (χ4n) is 8.27. The summed E-state index contributed by atoms with van der Waals surface area (Å²) >= 11 is 0. The highest BCUT2D eigenvalue weighted by Crippen LogP contribution is 2.17. The van der Waals surface area contributed by atoms with Crippen molar-refractivity contribution in [1.29, 1.82) is 0 Å². The first-order valence-electron chi connectivity index (χ1n) is 24.4. The Morgan fingerprint density at radius 2 is 0.608 bits per heavy atom. The maximum absolute atomic E-state index is 2.66. The Kier molecular flexibility index (Phi) is 38.2. The number of rotatable bonds is 43. The predicted molar refractivity (Wildman–Crippen MR) is 230 cm³/mol. The van der Waals surface area contributed by atoms with Gasteiger partial charge in [0.15, 0.2) is 0 Å². The minimum absolute atomic E-state index is 1.23. The Morgan fingerprint density at radius 3 is 0.941 bits per heavy atom. The second-order valence-electron chi connectivity index (χ2n) is 16.9. The second kappa shape index (κ2) is 40.4. The molecule has 0 aliphatic carbocycles. The molecule has 0 saturated heterocycles. The van der Waals surface area contributed by atoms with Gasteiger partial charge in [-0.05, 0) is 32.1 Å². The number of aromatic nitrogens is 2. The summed E-state index contributed by atoms with van der Waals surface area (Å²) in [6.07, 6.45) is 63.8. The number of nitrogens with zero attached hydrogens (tertiary/aromatic N) is 2. The molecule has 0 aromatic carbocycles. The summed E-state index contributed by atoms with van der Waals surface area (Å²) in [6, 6.07) is 0. The molecule has 1 heterocycles. The van der Waals surface area contributed by atoms with Crippen molar-refractivity contribution < 1.29 is 4.57 Å². The average molecular weight is 714 g/mol. The number of imidazole rings is 1. The van der Waals surface area contributed by atoms with Gasteiger partial charge in [-0.1, -0.05) is 245 Å². The van der Waals surface area contributed by atoms with E-state index in [4.69, 9.17) is 0 Å². The Labute approximate surface area is 323 Å². The Morgan fingerprint density at radius 1 is 0.333 bits per heavy atom. The van der Waals surface area contributed by atoms with E-state index in [0.717, 1.165) is 0 Å². The molecule has 0 aliphatic rings. The molecule has 2 heteroatoms. The van der Waals surface area contributed by atoms with Crippen LogP contribution in [0.15, 0.2) is 12.4 Å². The highest BCUT2D eigenvalue weighted by Gasteiger charge is 2.16. The molecule has 2 nitrogen and oxygen atoms in total. The van der Waals surface area contributed by atoms with Crippen molar-refractivity contribution in [2.75, 3.05) is 0 Å². The third-order valence-corrected chi connectivity index (χ3v) is 11.8. The summed E-state index contributed by atoms with van der Waals surface area (Å²) in [5.41, 5.74) is 0. The van der Waals surface area contributed by atoms with E-state index in [1.54, 1.807) is 5.82 Å². The van der Waals surface area contributed by atoms with Crippen molar-refractivity contribution in [2.24, 2.45) is 0 Å². The maximum atomic E-state index is 2.66. The van der Waals surface area contributed by atoms with E-state index in [-0.39, 0.29) is 0 Å². The highest BCUT2D eigenvalue weighted by molar-refractivity contribution is 4.84. The lowest BCUT2D eigenvalue weighted by Crippen LogP contribution is -2.37. The van der Waals surface area contributed by atoms with Gasteiger partial charge < -0.3 is 0 Å². The summed E-state index contributed by atoms with van der Waals surface area (Å²) in [5, 5.41) is 0. The highest BCUT2D eigenvalue weighted by atomic mass is 15.1. The molecule has 0 bridgehead atoms. The van der Waals surface area contributed by atoms with Crippen LogP contribution in [0.3, 0.4) is 0 Å². The van der Waals surface area contributed by atoms with E-state index in [1.165, 1.54) is 276 Å². The summed E-state index contributed by atoms with van der Waals surface area (Å²) in [4.78, 5) is 0. The standard InChI is InChI=1S/C49H97N2/c1-4-7-10-13-16-19-22-24-26-28-30-32-35-38-41-44-49-50(45-42-39-36-33-21-18-15-12-9-6-3)47-48-51(49)46-43-40-37-34-31-29-27-25-23-20-17-14-11-8-5-2/h47-48H,4-46H2,1-3H3/q+1. The molecular weight excluding hydrogens is 617 g/mol. The van der Waals surface area contributed by atoms with Gasteiger partial charge in [0.25, 0.3) is 5.82 Å². The Bertz CT molecular complexity index is 781. The van der Waals surface area contributed by atoms with Crippen molar-refractivity contribution in [3.05, 3.63) is 18.2 Å². The van der Waals surface area contributed by atoms with E-state index in [1.807, 2.05) is 0 Å². The molecule has 0 spiro atoms. The van der Waals surface area contributed by atoms with Gasteiger partial charge in [-0.2, -0.15) is 0 Å². The molecule has 0 fully saturated rings. The number of hydrogen-bond donors (Lipinski definition) is 0. The largest absolute Gasteiger partial charge is 0.256 e. The van der Waals surface area contributed by atoms with Gasteiger partial charge in [0.2, 0.25) is 0 Å². The van der Waals surface area contributed by atoms with Crippen molar-refractivity contribution in [3.8, 4) is 0 Å². The van der Waals surface area contributed by atoms with Gasteiger partial charge in [0.05, 0.1) is 13.1 Å². The van der Waals surface area contributed by atoms with Crippen molar-refractivity contribution in [1.82, 2.24) is 4.57 Å². The van der Waals surface area contributed by atoms with Gasteiger partial charge >= 0.3 is 0 Å². The number of aryl methyl sites for hydroxylation is 2. The topological polar surface area (TPSA) is 8.81 Å². The van der Waals surface area contributed by atoms with Crippen molar-refractivity contribution in [3.63, 3.8) is 0 Å². The molecule has 0 aliphatic heterocycles. The third kappa shape index (κ3) is 32.4. The predicted octanol–water partition coefficient (Wildman–Crippen LogP) is 17.0. The molecule has 0 unspecified atom stereocenters. The lowest BCUT2D eigenvalue weighted by molar-refractivity contribution is -0.704. The van der Waals surface area contributed by atoms with Gasteiger partial charge in [-0.15, -0.1) is 0 Å². The van der Waals surface area contributed by atoms with E-state index < -0.39 is 0 Å². The normalized spacial score (nSPS) is 11.7. The zero-order chi connectivity index (χ0) is 36.6. The van der Waals surface area contributed by atoms with Gasteiger partial charge in [-0.25, -0.2) is 9.13 Å². The third-order valence-electron chi connectivity index (χ3n) is 11.8. The van der Waals surface area contributed by atoms with Crippen LogP contribution < -0.4 is 4.57 Å². The van der Waals surface area contributed by atoms with E-state index in [2.05, 4.69) is 42.3 Å². The SMILES string of the molecule is CCCCCCCCCCCCCCCCCc1n(CCCCCCCCCCCC)cc[n+]1CCCCCCCCCCCCCCCCC. The second-order valence-corrected chi connectivity index (χ2v) is 16.9. The van der Waals surface area contributed by atoms with Crippen LogP contribution in [0.2, 0.25) is 0 Å². The monoisotopic (exact) mass is 714 g/mol. The fraction of sp³-hybridized carbons (Fsp3) is 0.939. The zero-order valence-corrected chi connectivity index (χ0v) is 36.0.